The van der Waals surface area contributed by atoms with Crippen LogP contribution in [0.4, 0.5) is 20.2 Å². The molecule has 1 unspecified atom stereocenters. The Hall–Kier alpha value is -4.04. The summed E-state index contributed by atoms with van der Waals surface area (Å²) in [6.07, 6.45) is 0.908. The lowest BCUT2D eigenvalue weighted by Crippen LogP contribution is -2.51. The van der Waals surface area contributed by atoms with E-state index in [9.17, 15) is 18.4 Å². The van der Waals surface area contributed by atoms with Crippen LogP contribution in [0.15, 0.2) is 84.1 Å². The van der Waals surface area contributed by atoms with Crippen LogP contribution < -0.4 is 10.2 Å². The van der Waals surface area contributed by atoms with Gasteiger partial charge in [-0.2, -0.15) is 0 Å². The third kappa shape index (κ3) is 5.81. The van der Waals surface area contributed by atoms with E-state index in [0.29, 0.717) is 42.8 Å². The molecule has 3 aromatic carbocycles. The second-order valence-electron chi connectivity index (χ2n) is 12.4. The molecule has 2 aliphatic heterocycles. The van der Waals surface area contributed by atoms with Crippen molar-refractivity contribution in [1.29, 1.82) is 0 Å². The van der Waals surface area contributed by atoms with E-state index in [1.165, 1.54) is 17.7 Å². The number of allylic oxidation sites excluding steroid dienone is 1. The molecule has 218 valence electrons. The average molecular weight is 571 g/mol. The van der Waals surface area contributed by atoms with E-state index in [0.717, 1.165) is 37.1 Å². The average Bonchev–Trinajstić information content (AvgIpc) is 3.07. The number of fused-ring (bicyclic) bond motifs is 1. The Balaban J connectivity index is 1.34. The number of nitrogens with one attached hydrogen (secondary N) is 1. The summed E-state index contributed by atoms with van der Waals surface area (Å²) in [6.45, 7) is 7.55. The summed E-state index contributed by atoms with van der Waals surface area (Å²) in [7, 11) is 0. The van der Waals surface area contributed by atoms with Crippen molar-refractivity contribution in [3.8, 4) is 0 Å². The third-order valence-corrected chi connectivity index (χ3v) is 8.48. The summed E-state index contributed by atoms with van der Waals surface area (Å²) in [4.78, 5) is 33.8. The maximum Gasteiger partial charge on any atom is 0.242 e. The summed E-state index contributed by atoms with van der Waals surface area (Å²) < 4.78 is 29.3. The lowest BCUT2D eigenvalue weighted by Gasteiger charge is -2.40. The van der Waals surface area contributed by atoms with Gasteiger partial charge in [-0.1, -0.05) is 56.3 Å². The van der Waals surface area contributed by atoms with Crippen molar-refractivity contribution in [1.82, 2.24) is 9.80 Å². The fourth-order valence-electron chi connectivity index (χ4n) is 6.55. The number of anilines is 2. The highest BCUT2D eigenvalue weighted by atomic mass is 19.1. The minimum Gasteiger partial charge on any atom is -0.357 e. The molecule has 1 aliphatic carbocycles. The van der Waals surface area contributed by atoms with Crippen LogP contribution in [0.1, 0.15) is 43.9 Å². The minimum absolute atomic E-state index is 0.0341. The molecule has 0 bridgehead atoms. The first-order chi connectivity index (χ1) is 20.2. The van der Waals surface area contributed by atoms with Crippen LogP contribution in [0.3, 0.4) is 0 Å². The van der Waals surface area contributed by atoms with Crippen LogP contribution >= 0.6 is 0 Å². The first kappa shape index (κ1) is 28.1. The van der Waals surface area contributed by atoms with Gasteiger partial charge in [0.15, 0.2) is 5.78 Å². The van der Waals surface area contributed by atoms with E-state index in [-0.39, 0.29) is 23.7 Å². The van der Waals surface area contributed by atoms with Crippen LogP contribution in [0.25, 0.3) is 0 Å². The molecule has 1 fully saturated rings. The number of piperazine rings is 1. The SMILES string of the molecule is CC1(C)CC(=O)C2=C(C1)Nc1ccccc1N(CC(=O)N1CCN(Cc3ccccc3)CC1)C2c1cc(F)cc(F)c1. The first-order valence-electron chi connectivity index (χ1n) is 14.6. The second-order valence-corrected chi connectivity index (χ2v) is 12.4. The molecule has 1 saturated heterocycles. The molecule has 3 aromatic rings. The molecule has 0 spiro atoms. The Labute approximate surface area is 245 Å². The number of halogens is 2. The number of para-hydroxylation sites is 2. The van der Waals surface area contributed by atoms with E-state index in [1.807, 2.05) is 66.1 Å². The Morgan fingerprint density at radius 3 is 2.29 bits per heavy atom. The van der Waals surface area contributed by atoms with Crippen LogP contribution in [0, 0.1) is 17.0 Å². The number of nitrogens with zero attached hydrogens (tertiary/aromatic N) is 3. The molecule has 0 radical (unpaired) electrons. The smallest absolute Gasteiger partial charge is 0.242 e. The molecule has 42 heavy (non-hydrogen) atoms. The number of amides is 1. The molecule has 6 nitrogen and oxygen atoms in total. The van der Waals surface area contributed by atoms with Crippen molar-refractivity contribution in [3.05, 3.63) is 107 Å². The van der Waals surface area contributed by atoms with Gasteiger partial charge >= 0.3 is 0 Å². The number of carbonyl (C=O) groups is 2. The number of carbonyl (C=O) groups excluding carboxylic acids is 2. The molecular weight excluding hydrogens is 534 g/mol. The Morgan fingerprint density at radius 1 is 0.905 bits per heavy atom. The van der Waals surface area contributed by atoms with Crippen molar-refractivity contribution in [2.45, 2.75) is 39.3 Å². The molecule has 6 rings (SSSR count). The van der Waals surface area contributed by atoms with E-state index in [2.05, 4.69) is 22.3 Å². The van der Waals surface area contributed by atoms with Gasteiger partial charge in [0, 0.05) is 56.5 Å². The number of ketones is 1. The van der Waals surface area contributed by atoms with Gasteiger partial charge < -0.3 is 15.1 Å². The zero-order valence-corrected chi connectivity index (χ0v) is 24.1. The maximum atomic E-state index is 14.6. The van der Waals surface area contributed by atoms with E-state index in [1.54, 1.807) is 0 Å². The Kier molecular flexibility index (Phi) is 7.58. The number of Topliss-reactive ketones (excluding diaryl/α,β-unsaturated/α-hetero) is 1. The number of benzene rings is 3. The van der Waals surface area contributed by atoms with Crippen molar-refractivity contribution in [2.24, 2.45) is 5.41 Å². The van der Waals surface area contributed by atoms with Gasteiger partial charge in [0.25, 0.3) is 0 Å². The van der Waals surface area contributed by atoms with E-state index in [4.69, 9.17) is 0 Å². The van der Waals surface area contributed by atoms with Gasteiger partial charge in [0.2, 0.25) is 5.91 Å². The molecular formula is C34H36F2N4O2. The summed E-state index contributed by atoms with van der Waals surface area (Å²) in [5.74, 6) is -1.61. The van der Waals surface area contributed by atoms with Crippen LogP contribution in [0.2, 0.25) is 0 Å². The predicted octanol–water partition coefficient (Wildman–Crippen LogP) is 5.93. The molecule has 1 atom stereocenters. The van der Waals surface area contributed by atoms with Gasteiger partial charge in [-0.05, 0) is 47.2 Å². The van der Waals surface area contributed by atoms with Crippen molar-refractivity contribution >= 4 is 23.1 Å². The quantitative estimate of drug-likeness (QED) is 0.413. The summed E-state index contributed by atoms with van der Waals surface area (Å²) in [5, 5.41) is 3.49. The molecule has 3 aliphatic rings. The van der Waals surface area contributed by atoms with Gasteiger partial charge in [-0.3, -0.25) is 14.5 Å². The zero-order chi connectivity index (χ0) is 29.4. The lowest BCUT2D eigenvalue weighted by molar-refractivity contribution is -0.131. The van der Waals surface area contributed by atoms with Crippen LogP contribution in [-0.2, 0) is 16.1 Å². The van der Waals surface area contributed by atoms with Crippen molar-refractivity contribution < 1.29 is 18.4 Å². The van der Waals surface area contributed by atoms with Crippen LogP contribution in [-0.4, -0.2) is 54.2 Å². The maximum absolute atomic E-state index is 14.6. The highest BCUT2D eigenvalue weighted by molar-refractivity contribution is 6.01. The predicted molar refractivity (Wildman–Crippen MR) is 160 cm³/mol. The van der Waals surface area contributed by atoms with Gasteiger partial charge in [-0.25, -0.2) is 8.78 Å². The van der Waals surface area contributed by atoms with Gasteiger partial charge in [-0.15, -0.1) is 0 Å². The lowest BCUT2D eigenvalue weighted by atomic mass is 9.73. The normalized spacial score (nSPS) is 20.5. The highest BCUT2D eigenvalue weighted by Crippen LogP contribution is 2.48. The van der Waals surface area contributed by atoms with Crippen molar-refractivity contribution in [3.63, 3.8) is 0 Å². The third-order valence-electron chi connectivity index (χ3n) is 8.48. The van der Waals surface area contributed by atoms with Crippen molar-refractivity contribution in [2.75, 3.05) is 42.9 Å². The Morgan fingerprint density at radius 2 is 1.57 bits per heavy atom. The fraction of sp³-hybridized carbons (Fsp3) is 0.353. The fourth-order valence-corrected chi connectivity index (χ4v) is 6.55. The second kappa shape index (κ2) is 11.3. The summed E-state index contributed by atoms with van der Waals surface area (Å²) in [5.41, 5.74) is 3.95. The number of hydrogen-bond donors (Lipinski definition) is 1. The standard InChI is InChI=1S/C34H36F2N4O2/c1-34(2)19-28-32(30(41)20-34)33(24-16-25(35)18-26(36)17-24)40(29-11-7-6-10-27(29)37-28)22-31(42)39-14-12-38(13-15-39)21-23-8-4-3-5-9-23/h3-11,16-18,33,37H,12-15,19-22H2,1-2H3. The number of rotatable bonds is 5. The highest BCUT2D eigenvalue weighted by Gasteiger charge is 2.42. The summed E-state index contributed by atoms with van der Waals surface area (Å²) >= 11 is 0. The Bertz CT molecular complexity index is 1510. The first-order valence-corrected chi connectivity index (χ1v) is 14.6. The molecule has 0 saturated carbocycles. The van der Waals surface area contributed by atoms with E-state index < -0.39 is 17.7 Å². The summed E-state index contributed by atoms with van der Waals surface area (Å²) in [6, 6.07) is 20.4. The monoisotopic (exact) mass is 570 g/mol. The minimum atomic E-state index is -0.826. The molecule has 8 heteroatoms. The molecule has 0 aromatic heterocycles. The topological polar surface area (TPSA) is 55.9 Å². The zero-order valence-electron chi connectivity index (χ0n) is 24.1. The van der Waals surface area contributed by atoms with Gasteiger partial charge in [0.1, 0.15) is 11.6 Å². The largest absolute Gasteiger partial charge is 0.357 e. The van der Waals surface area contributed by atoms with Crippen LogP contribution in [0.5, 0.6) is 0 Å². The molecule has 1 amide bonds. The van der Waals surface area contributed by atoms with E-state index >= 15 is 0 Å². The molecule has 1 N–H and O–H groups in total. The number of hydrogen-bond acceptors (Lipinski definition) is 5. The molecule has 2 heterocycles. The van der Waals surface area contributed by atoms with Gasteiger partial charge in [0.05, 0.1) is 24.0 Å².